The first-order valence-corrected chi connectivity index (χ1v) is 12.6. The van der Waals surface area contributed by atoms with Crippen LogP contribution in [0.5, 0.6) is 5.75 Å². The van der Waals surface area contributed by atoms with E-state index in [2.05, 4.69) is 32.5 Å². The van der Waals surface area contributed by atoms with Crippen molar-refractivity contribution in [1.82, 2.24) is 9.97 Å². The van der Waals surface area contributed by atoms with E-state index in [4.69, 9.17) is 26.8 Å². The Morgan fingerprint density at radius 2 is 1.90 bits per heavy atom. The van der Waals surface area contributed by atoms with Gasteiger partial charge in [-0.3, -0.25) is 4.79 Å². The highest BCUT2D eigenvalue weighted by atomic mass is 35.5. The monoisotopic (exact) mass is 558 g/mol. The molecule has 2 aromatic carbocycles. The Hall–Kier alpha value is -3.93. The number of nitrogens with two attached hydrogens (primary N) is 1. The lowest BCUT2D eigenvalue weighted by Crippen LogP contribution is -2.38. The van der Waals surface area contributed by atoms with Crippen molar-refractivity contribution < 1.29 is 23.8 Å². The Balaban J connectivity index is 1.67. The third-order valence-corrected chi connectivity index (χ3v) is 5.69. The number of carbonyl (C=O) groups excluding carboxylic acids is 1. The van der Waals surface area contributed by atoms with Crippen molar-refractivity contribution in [3.63, 3.8) is 0 Å². The van der Waals surface area contributed by atoms with E-state index < -0.39 is 30.2 Å². The minimum atomic E-state index is -0.929. The van der Waals surface area contributed by atoms with Gasteiger partial charge in [-0.25, -0.2) is 9.37 Å². The largest absolute Gasteiger partial charge is 0.486 e. The van der Waals surface area contributed by atoms with Gasteiger partial charge in [-0.15, -0.1) is 0 Å². The molecule has 0 fully saturated rings. The van der Waals surface area contributed by atoms with Gasteiger partial charge in [0.15, 0.2) is 11.6 Å². The third-order valence-electron chi connectivity index (χ3n) is 5.37. The predicted molar refractivity (Wildman–Crippen MR) is 150 cm³/mol. The molecule has 0 amide bonds. The van der Waals surface area contributed by atoms with Crippen molar-refractivity contribution >= 4 is 46.4 Å². The number of nitrogens with zero attached hydrogens (tertiary/aromatic N) is 2. The maximum absolute atomic E-state index is 14.5. The third kappa shape index (κ3) is 8.81. The van der Waals surface area contributed by atoms with Crippen LogP contribution in [-0.2, 0) is 9.53 Å². The van der Waals surface area contributed by atoms with Gasteiger partial charge in [0.05, 0.1) is 11.2 Å². The molecule has 10 nitrogen and oxygen atoms in total. The fraction of sp³-hybridized carbons (Fsp3) is 0.296. The molecule has 0 aliphatic rings. The van der Waals surface area contributed by atoms with Crippen molar-refractivity contribution in [2.24, 2.45) is 11.7 Å². The highest BCUT2D eigenvalue weighted by molar-refractivity contribution is 6.32. The highest BCUT2D eigenvalue weighted by Gasteiger charge is 2.20. The predicted octanol–water partition coefficient (Wildman–Crippen LogP) is 4.97. The second-order valence-corrected chi connectivity index (χ2v) is 9.43. The molecule has 6 N–H and O–H groups in total. The van der Waals surface area contributed by atoms with E-state index in [9.17, 15) is 14.3 Å². The smallest absolute Gasteiger partial charge is 0.323 e. The summed E-state index contributed by atoms with van der Waals surface area (Å²) >= 11 is 6.29. The molecule has 0 spiro atoms. The van der Waals surface area contributed by atoms with Gasteiger partial charge in [0, 0.05) is 23.1 Å². The molecule has 12 heteroatoms. The Labute approximate surface area is 231 Å². The van der Waals surface area contributed by atoms with E-state index in [1.165, 1.54) is 6.08 Å². The number of esters is 1. The Bertz CT molecular complexity index is 1290. The Morgan fingerprint density at radius 1 is 1.18 bits per heavy atom. The Morgan fingerprint density at radius 3 is 2.62 bits per heavy atom. The van der Waals surface area contributed by atoms with E-state index in [-0.39, 0.29) is 24.3 Å². The summed E-state index contributed by atoms with van der Waals surface area (Å²) in [6, 6.07) is 11.1. The molecular weight excluding hydrogens is 527 g/mol. The van der Waals surface area contributed by atoms with E-state index in [0.29, 0.717) is 27.8 Å². The number of carbonyl (C=O) groups is 1. The zero-order valence-corrected chi connectivity index (χ0v) is 22.6. The molecule has 0 radical (unpaired) electrons. The molecule has 3 aromatic rings. The number of aliphatic hydroxyl groups excluding tert-OH is 1. The summed E-state index contributed by atoms with van der Waals surface area (Å²) in [6.07, 6.45) is 0.944. The number of hydrogen-bond donors (Lipinski definition) is 5. The second-order valence-electron chi connectivity index (χ2n) is 9.02. The maximum Gasteiger partial charge on any atom is 0.323 e. The molecule has 3 unspecified atom stereocenters. The molecule has 0 saturated heterocycles. The standard InChI is InChI=1S/C27H32ClFN6O4/c1-5-23(36)32-17-7-6-8-18(11-17)33-25-21(29)13-31-27(35-25)34-19-9-10-20(28)22(12-19)39-16(4)14-38-26(37)24(30)15(2)3/h5-13,15-16,23-24,32,36H,1,14,30H2,2-4H3,(H2,31,33,34,35). The average Bonchev–Trinajstić information content (AvgIpc) is 2.90. The van der Waals surface area contributed by atoms with E-state index >= 15 is 0 Å². The minimum absolute atomic E-state index is 0.00733. The average molecular weight is 559 g/mol. The van der Waals surface area contributed by atoms with E-state index in [0.717, 1.165) is 6.20 Å². The summed E-state index contributed by atoms with van der Waals surface area (Å²) < 4.78 is 25.6. The molecule has 1 aromatic heterocycles. The molecule has 3 atom stereocenters. The summed E-state index contributed by atoms with van der Waals surface area (Å²) in [5, 5.41) is 18.8. The summed E-state index contributed by atoms with van der Waals surface area (Å²) in [5.74, 6) is -0.816. The summed E-state index contributed by atoms with van der Waals surface area (Å²) in [6.45, 7) is 8.90. The van der Waals surface area contributed by atoms with Crippen molar-refractivity contribution in [3.05, 3.63) is 72.2 Å². The van der Waals surface area contributed by atoms with Gasteiger partial charge in [0.25, 0.3) is 0 Å². The number of halogens is 2. The van der Waals surface area contributed by atoms with Gasteiger partial charge in [-0.05, 0) is 49.2 Å². The normalized spacial score (nSPS) is 13.2. The summed E-state index contributed by atoms with van der Waals surface area (Å²) in [7, 11) is 0. The first kappa shape index (κ1) is 29.6. The number of nitrogens with one attached hydrogen (secondary N) is 3. The van der Waals surface area contributed by atoms with Crippen molar-refractivity contribution in [2.45, 2.75) is 39.1 Å². The minimum Gasteiger partial charge on any atom is -0.486 e. The Kier molecular flexibility index (Phi) is 10.4. The molecule has 0 saturated carbocycles. The zero-order valence-electron chi connectivity index (χ0n) is 21.8. The van der Waals surface area contributed by atoms with Gasteiger partial charge in [0.1, 0.15) is 30.7 Å². The molecule has 1 heterocycles. The van der Waals surface area contributed by atoms with Gasteiger partial charge in [-0.2, -0.15) is 4.98 Å². The van der Waals surface area contributed by atoms with Crippen LogP contribution in [0.1, 0.15) is 20.8 Å². The first-order chi connectivity index (χ1) is 18.5. The summed E-state index contributed by atoms with van der Waals surface area (Å²) in [4.78, 5) is 20.2. The number of anilines is 5. The lowest BCUT2D eigenvalue weighted by molar-refractivity contribution is -0.148. The van der Waals surface area contributed by atoms with Crippen LogP contribution in [0.3, 0.4) is 0 Å². The molecule has 0 aliphatic heterocycles. The fourth-order valence-corrected chi connectivity index (χ4v) is 3.35. The summed E-state index contributed by atoms with van der Waals surface area (Å²) in [5.41, 5.74) is 7.47. The van der Waals surface area contributed by atoms with E-state index in [1.807, 2.05) is 13.8 Å². The first-order valence-electron chi connectivity index (χ1n) is 12.2. The van der Waals surface area contributed by atoms with Crippen LogP contribution in [0, 0.1) is 11.7 Å². The zero-order chi connectivity index (χ0) is 28.5. The molecule has 3 rings (SSSR count). The number of rotatable bonds is 13. The number of hydrogen-bond acceptors (Lipinski definition) is 10. The van der Waals surface area contributed by atoms with Gasteiger partial charge < -0.3 is 36.3 Å². The van der Waals surface area contributed by atoms with Gasteiger partial charge >= 0.3 is 5.97 Å². The molecular formula is C27H32ClFN6O4. The maximum atomic E-state index is 14.5. The van der Waals surface area contributed by atoms with Gasteiger partial charge in [-0.1, -0.05) is 38.1 Å². The van der Waals surface area contributed by atoms with Crippen LogP contribution >= 0.6 is 11.6 Å². The highest BCUT2D eigenvalue weighted by Crippen LogP contribution is 2.30. The number of aromatic nitrogens is 2. The molecule has 208 valence electrons. The second kappa shape index (κ2) is 13.7. The lowest BCUT2D eigenvalue weighted by atomic mass is 10.1. The van der Waals surface area contributed by atoms with Gasteiger partial charge in [0.2, 0.25) is 5.95 Å². The number of ether oxygens (including phenoxy) is 2. The quantitative estimate of drug-likeness (QED) is 0.111. The molecule has 39 heavy (non-hydrogen) atoms. The van der Waals surface area contributed by atoms with Crippen LogP contribution in [0.4, 0.5) is 33.2 Å². The number of benzene rings is 2. The van der Waals surface area contributed by atoms with Crippen molar-refractivity contribution in [3.8, 4) is 5.75 Å². The van der Waals surface area contributed by atoms with E-state index in [1.54, 1.807) is 49.4 Å². The van der Waals surface area contributed by atoms with Crippen LogP contribution < -0.4 is 26.4 Å². The number of aliphatic hydroxyl groups is 1. The van der Waals surface area contributed by atoms with Crippen LogP contribution in [0.15, 0.2) is 61.3 Å². The topological polar surface area (TPSA) is 144 Å². The fourth-order valence-electron chi connectivity index (χ4n) is 3.19. The lowest BCUT2D eigenvalue weighted by Gasteiger charge is -2.19. The van der Waals surface area contributed by atoms with Crippen LogP contribution in [0.25, 0.3) is 0 Å². The van der Waals surface area contributed by atoms with Crippen LogP contribution in [-0.4, -0.2) is 46.0 Å². The molecule has 0 aliphatic carbocycles. The SMILES string of the molecule is C=CC(O)Nc1cccc(Nc2nc(Nc3ccc(Cl)c(OC(C)COC(=O)C(N)C(C)C)c3)ncc2F)c1. The van der Waals surface area contributed by atoms with Crippen LogP contribution in [0.2, 0.25) is 5.02 Å². The molecule has 0 bridgehead atoms. The van der Waals surface area contributed by atoms with Crippen molar-refractivity contribution in [2.75, 3.05) is 22.6 Å². The van der Waals surface area contributed by atoms with Crippen molar-refractivity contribution in [1.29, 1.82) is 0 Å².